The van der Waals surface area contributed by atoms with E-state index in [0.29, 0.717) is 0 Å². The summed E-state index contributed by atoms with van der Waals surface area (Å²) < 4.78 is 4.89. The third-order valence-electron chi connectivity index (χ3n) is 6.98. The fourth-order valence-corrected chi connectivity index (χ4v) is 4.98. The van der Waals surface area contributed by atoms with Gasteiger partial charge in [-0.15, -0.1) is 0 Å². The van der Waals surface area contributed by atoms with Gasteiger partial charge in [0.25, 0.3) is 0 Å². The molecule has 1 aliphatic rings. The van der Waals surface area contributed by atoms with Crippen molar-refractivity contribution < 1.29 is 4.57 Å². The minimum Gasteiger partial charge on any atom is -0.237 e. The summed E-state index contributed by atoms with van der Waals surface area (Å²) in [6.07, 6.45) is 37.2. The van der Waals surface area contributed by atoms with Crippen molar-refractivity contribution >= 4 is 0 Å². The van der Waals surface area contributed by atoms with Gasteiger partial charge in [0.15, 0.2) is 0 Å². The predicted octanol–water partition coefficient (Wildman–Crippen LogP) is 8.54. The van der Waals surface area contributed by atoms with Crippen LogP contribution in [0.15, 0.2) is 18.7 Å². The number of rotatable bonds is 18. The smallest absolute Gasteiger partial charge is 0.237 e. The van der Waals surface area contributed by atoms with Crippen LogP contribution in [0.1, 0.15) is 148 Å². The first kappa shape index (κ1) is 24.5. The maximum absolute atomic E-state index is 2.48. The highest BCUT2D eigenvalue weighted by molar-refractivity contribution is 4.77. The maximum atomic E-state index is 2.48. The van der Waals surface area contributed by atoms with Gasteiger partial charge in [-0.1, -0.05) is 103 Å². The maximum Gasteiger partial charge on any atom is 0.243 e. The number of aryl methyl sites for hydroxylation is 1. The first-order valence-electron chi connectivity index (χ1n) is 13.5. The lowest BCUT2D eigenvalue weighted by Crippen LogP contribution is -2.31. The number of hydrogen-bond donors (Lipinski definition) is 0. The monoisotopic (exact) mass is 403 g/mol. The third-order valence-corrected chi connectivity index (χ3v) is 6.98. The molecule has 1 saturated carbocycles. The molecule has 2 nitrogen and oxygen atoms in total. The molecule has 168 valence electrons. The molecule has 2 rings (SSSR count). The molecule has 1 aromatic heterocycles. The summed E-state index contributed by atoms with van der Waals surface area (Å²) in [7, 11) is 0. The Hall–Kier alpha value is -0.790. The molecule has 0 amide bonds. The number of aromatic nitrogens is 2. The summed E-state index contributed by atoms with van der Waals surface area (Å²) in [6, 6.07) is 0.774. The van der Waals surface area contributed by atoms with E-state index in [4.69, 9.17) is 0 Å². The third kappa shape index (κ3) is 11.8. The van der Waals surface area contributed by atoms with Crippen molar-refractivity contribution in [3.8, 4) is 0 Å². The molecule has 0 spiro atoms. The number of nitrogens with zero attached hydrogens (tertiary/aromatic N) is 2. The van der Waals surface area contributed by atoms with Gasteiger partial charge in [0, 0.05) is 0 Å². The minimum atomic E-state index is 0.774. The van der Waals surface area contributed by atoms with Crippen LogP contribution >= 0.6 is 0 Å². The van der Waals surface area contributed by atoms with E-state index in [1.807, 2.05) is 0 Å². The average molecular weight is 404 g/mol. The Kier molecular flexibility index (Phi) is 14.3. The zero-order valence-corrected chi connectivity index (χ0v) is 19.8. The summed E-state index contributed by atoms with van der Waals surface area (Å²) in [4.78, 5) is 0. The second kappa shape index (κ2) is 16.9. The molecule has 0 N–H and O–H groups in total. The van der Waals surface area contributed by atoms with Crippen molar-refractivity contribution in [2.75, 3.05) is 0 Å². The molecular weight excluding hydrogens is 352 g/mol. The molecule has 1 heterocycles. The lowest BCUT2D eigenvalue weighted by atomic mass is 9.95. The van der Waals surface area contributed by atoms with Crippen molar-refractivity contribution in [3.63, 3.8) is 0 Å². The van der Waals surface area contributed by atoms with Crippen LogP contribution in [0.3, 0.4) is 0 Å². The van der Waals surface area contributed by atoms with Gasteiger partial charge < -0.3 is 0 Å². The molecule has 0 aromatic carbocycles. The van der Waals surface area contributed by atoms with Crippen LogP contribution in [-0.2, 0) is 6.54 Å². The van der Waals surface area contributed by atoms with Crippen LogP contribution in [0.5, 0.6) is 0 Å². The van der Waals surface area contributed by atoms with Crippen LogP contribution in [0.2, 0.25) is 0 Å². The van der Waals surface area contributed by atoms with Gasteiger partial charge >= 0.3 is 0 Å². The average Bonchev–Trinajstić information content (AvgIpc) is 3.23. The van der Waals surface area contributed by atoms with Gasteiger partial charge in [-0.3, -0.25) is 0 Å². The van der Waals surface area contributed by atoms with E-state index in [-0.39, 0.29) is 0 Å². The molecule has 2 heteroatoms. The molecular formula is C27H51N2+. The first-order chi connectivity index (χ1) is 14.4. The first-order valence-corrected chi connectivity index (χ1v) is 13.5. The van der Waals surface area contributed by atoms with Crippen LogP contribution in [0.4, 0.5) is 0 Å². The standard InChI is InChI=1S/C27H51N2/c1-2-3-4-5-6-7-8-9-10-11-12-13-14-15-16-20-23-28-24-25-29(26-28)27-21-18-17-19-22-27/h24-27H,2-23H2,1H3/q+1. The summed E-state index contributed by atoms with van der Waals surface area (Å²) in [6.45, 7) is 3.51. The molecule has 1 aromatic rings. The Morgan fingerprint density at radius 1 is 0.655 bits per heavy atom. The van der Waals surface area contributed by atoms with Gasteiger partial charge in [0.05, 0.1) is 6.54 Å². The van der Waals surface area contributed by atoms with E-state index in [1.54, 1.807) is 0 Å². The number of imidazole rings is 1. The van der Waals surface area contributed by atoms with Crippen molar-refractivity contribution in [3.05, 3.63) is 18.7 Å². The highest BCUT2D eigenvalue weighted by Crippen LogP contribution is 2.27. The zero-order valence-electron chi connectivity index (χ0n) is 19.8. The van der Waals surface area contributed by atoms with Gasteiger partial charge in [-0.25, -0.2) is 9.13 Å². The minimum absolute atomic E-state index is 0.774. The normalized spacial score (nSPS) is 15.2. The molecule has 0 saturated heterocycles. The fraction of sp³-hybridized carbons (Fsp3) is 0.889. The molecule has 1 fully saturated rings. The van der Waals surface area contributed by atoms with E-state index in [1.165, 1.54) is 141 Å². The van der Waals surface area contributed by atoms with E-state index < -0.39 is 0 Å². The lowest BCUT2D eigenvalue weighted by molar-refractivity contribution is -0.697. The Morgan fingerprint density at radius 3 is 1.66 bits per heavy atom. The molecule has 29 heavy (non-hydrogen) atoms. The second-order valence-corrected chi connectivity index (χ2v) is 9.69. The van der Waals surface area contributed by atoms with E-state index in [2.05, 4.69) is 34.8 Å². The highest BCUT2D eigenvalue weighted by atomic mass is 15.1. The Labute approximate surface area is 182 Å². The SMILES string of the molecule is CCCCCCCCCCCCCCCCCC[n+]1ccn(C2CCCCC2)c1. The second-order valence-electron chi connectivity index (χ2n) is 9.69. The van der Waals surface area contributed by atoms with Crippen molar-refractivity contribution in [2.45, 2.75) is 154 Å². The molecule has 0 unspecified atom stereocenters. The summed E-state index contributed by atoms with van der Waals surface area (Å²) >= 11 is 0. The van der Waals surface area contributed by atoms with Crippen LogP contribution < -0.4 is 4.57 Å². The Bertz CT molecular complexity index is 473. The quantitative estimate of drug-likeness (QED) is 0.171. The molecule has 1 aliphatic carbocycles. The van der Waals surface area contributed by atoms with E-state index >= 15 is 0 Å². The number of unbranched alkanes of at least 4 members (excludes halogenated alkanes) is 15. The molecule has 0 bridgehead atoms. The van der Waals surface area contributed by atoms with Gasteiger partial charge in [0.1, 0.15) is 18.4 Å². The van der Waals surface area contributed by atoms with Gasteiger partial charge in [-0.05, 0) is 38.5 Å². The molecule has 0 radical (unpaired) electrons. The van der Waals surface area contributed by atoms with Crippen LogP contribution in [-0.4, -0.2) is 4.57 Å². The highest BCUT2D eigenvalue weighted by Gasteiger charge is 2.19. The van der Waals surface area contributed by atoms with Crippen molar-refractivity contribution in [2.24, 2.45) is 0 Å². The lowest BCUT2D eigenvalue weighted by Gasteiger charge is -2.18. The van der Waals surface area contributed by atoms with E-state index in [0.717, 1.165) is 6.04 Å². The molecule has 0 atom stereocenters. The van der Waals surface area contributed by atoms with Crippen LogP contribution in [0, 0.1) is 0 Å². The predicted molar refractivity (Wildman–Crippen MR) is 126 cm³/mol. The topological polar surface area (TPSA) is 8.81 Å². The summed E-state index contributed by atoms with van der Waals surface area (Å²) in [5.41, 5.74) is 0. The number of hydrogen-bond acceptors (Lipinski definition) is 0. The summed E-state index contributed by atoms with van der Waals surface area (Å²) in [5, 5.41) is 0. The zero-order chi connectivity index (χ0) is 20.4. The van der Waals surface area contributed by atoms with Crippen molar-refractivity contribution in [1.29, 1.82) is 0 Å². The largest absolute Gasteiger partial charge is 0.243 e. The summed E-state index contributed by atoms with van der Waals surface area (Å²) in [5.74, 6) is 0. The fourth-order valence-electron chi connectivity index (χ4n) is 4.98. The Morgan fingerprint density at radius 2 is 1.14 bits per heavy atom. The van der Waals surface area contributed by atoms with Gasteiger partial charge in [-0.2, -0.15) is 0 Å². The molecule has 0 aliphatic heterocycles. The van der Waals surface area contributed by atoms with Gasteiger partial charge in [0.2, 0.25) is 6.33 Å². The van der Waals surface area contributed by atoms with E-state index in [9.17, 15) is 0 Å². The van der Waals surface area contributed by atoms with Crippen LogP contribution in [0.25, 0.3) is 0 Å². The Balaban J connectivity index is 1.32. The van der Waals surface area contributed by atoms with Crippen molar-refractivity contribution in [1.82, 2.24) is 4.57 Å².